The highest BCUT2D eigenvalue weighted by molar-refractivity contribution is 5.54. The van der Waals surface area contributed by atoms with Gasteiger partial charge in [0.15, 0.2) is 5.69 Å². The van der Waals surface area contributed by atoms with Gasteiger partial charge in [0.05, 0.1) is 12.6 Å². The first-order valence-electron chi connectivity index (χ1n) is 2.88. The summed E-state index contributed by atoms with van der Waals surface area (Å²) in [5.74, 6) is -0.0462. The van der Waals surface area contributed by atoms with Crippen LogP contribution in [-0.4, -0.2) is 5.11 Å². The highest BCUT2D eigenvalue weighted by Crippen LogP contribution is 2.21. The van der Waals surface area contributed by atoms with Gasteiger partial charge in [-0.1, -0.05) is 0 Å². The van der Waals surface area contributed by atoms with Gasteiger partial charge in [-0.2, -0.15) is 5.26 Å². The number of nitrogens with zero attached hydrogens (tertiary/aromatic N) is 2. The molecule has 1 N–H and O–H groups in total. The average molecular weight is 144 g/mol. The number of hydrogen-bond acceptors (Lipinski definition) is 2. The zero-order valence-electron chi connectivity index (χ0n) is 5.57. The van der Waals surface area contributed by atoms with Crippen LogP contribution in [0.15, 0.2) is 18.2 Å². The standard InChI is InChI=1S/C8H4N2O/c1-10-7-2-6(5-9)3-8(11)4-7/h2-4,11H. The van der Waals surface area contributed by atoms with Crippen molar-refractivity contribution in [2.45, 2.75) is 0 Å². The van der Waals surface area contributed by atoms with Crippen molar-refractivity contribution in [2.75, 3.05) is 0 Å². The number of aromatic hydroxyl groups is 1. The van der Waals surface area contributed by atoms with Crippen LogP contribution in [0.25, 0.3) is 4.85 Å². The summed E-state index contributed by atoms with van der Waals surface area (Å²) in [7, 11) is 0. The van der Waals surface area contributed by atoms with E-state index in [1.54, 1.807) is 0 Å². The van der Waals surface area contributed by atoms with Gasteiger partial charge < -0.3 is 5.11 Å². The van der Waals surface area contributed by atoms with Crippen molar-refractivity contribution in [2.24, 2.45) is 0 Å². The Bertz CT molecular complexity index is 325. The first-order valence-corrected chi connectivity index (χ1v) is 2.88. The lowest BCUT2D eigenvalue weighted by Crippen LogP contribution is -1.71. The Morgan fingerprint density at radius 2 is 2.18 bits per heavy atom. The Kier molecular flexibility index (Phi) is 1.76. The third-order valence-electron chi connectivity index (χ3n) is 1.16. The Balaban J connectivity index is 3.28. The van der Waals surface area contributed by atoms with E-state index in [9.17, 15) is 0 Å². The smallest absolute Gasteiger partial charge is 0.192 e. The van der Waals surface area contributed by atoms with Crippen LogP contribution in [0.3, 0.4) is 0 Å². The molecule has 0 aliphatic rings. The van der Waals surface area contributed by atoms with Gasteiger partial charge in [-0.3, -0.25) is 0 Å². The van der Waals surface area contributed by atoms with E-state index in [1.165, 1.54) is 18.2 Å². The minimum atomic E-state index is -0.0462. The Morgan fingerprint density at radius 1 is 1.45 bits per heavy atom. The van der Waals surface area contributed by atoms with Gasteiger partial charge in [0.25, 0.3) is 0 Å². The number of hydrogen-bond donors (Lipinski definition) is 1. The lowest BCUT2D eigenvalue weighted by atomic mass is 10.2. The molecule has 0 bridgehead atoms. The third kappa shape index (κ3) is 1.47. The molecule has 0 aromatic heterocycles. The van der Waals surface area contributed by atoms with Crippen molar-refractivity contribution < 1.29 is 5.11 Å². The molecule has 3 heteroatoms. The third-order valence-corrected chi connectivity index (χ3v) is 1.16. The van der Waals surface area contributed by atoms with Crippen molar-refractivity contribution in [3.63, 3.8) is 0 Å². The number of phenolic OH excluding ortho intramolecular Hbond substituents is 1. The predicted molar refractivity (Wildman–Crippen MR) is 39.1 cm³/mol. The monoisotopic (exact) mass is 144 g/mol. The number of benzene rings is 1. The summed E-state index contributed by atoms with van der Waals surface area (Å²) in [6.07, 6.45) is 0. The minimum Gasteiger partial charge on any atom is -0.509 e. The van der Waals surface area contributed by atoms with Gasteiger partial charge in [0, 0.05) is 5.56 Å². The van der Waals surface area contributed by atoms with Crippen molar-refractivity contribution in [1.29, 1.82) is 5.26 Å². The van der Waals surface area contributed by atoms with E-state index < -0.39 is 0 Å². The normalized spacial score (nSPS) is 8.18. The number of rotatable bonds is 0. The highest BCUT2D eigenvalue weighted by Gasteiger charge is 1.97. The van der Waals surface area contributed by atoms with E-state index in [4.69, 9.17) is 16.9 Å². The molecule has 0 aliphatic heterocycles. The Labute approximate surface area is 64.0 Å². The van der Waals surface area contributed by atoms with Crippen LogP contribution in [0.2, 0.25) is 0 Å². The van der Waals surface area contributed by atoms with Crippen LogP contribution in [-0.2, 0) is 0 Å². The van der Waals surface area contributed by atoms with Crippen LogP contribution in [0.5, 0.6) is 5.75 Å². The predicted octanol–water partition coefficient (Wildman–Crippen LogP) is 1.81. The van der Waals surface area contributed by atoms with Gasteiger partial charge in [0.1, 0.15) is 5.75 Å². The second-order valence-electron chi connectivity index (χ2n) is 1.96. The van der Waals surface area contributed by atoms with E-state index in [-0.39, 0.29) is 11.4 Å². The fraction of sp³-hybridized carbons (Fsp3) is 0. The summed E-state index contributed by atoms with van der Waals surface area (Å²) in [6, 6.07) is 5.89. The molecule has 3 nitrogen and oxygen atoms in total. The molecule has 0 amide bonds. The first kappa shape index (κ1) is 7.11. The van der Waals surface area contributed by atoms with Gasteiger partial charge in [0.2, 0.25) is 0 Å². The van der Waals surface area contributed by atoms with Crippen LogP contribution < -0.4 is 0 Å². The first-order chi connectivity index (χ1) is 5.26. The molecule has 11 heavy (non-hydrogen) atoms. The molecule has 0 spiro atoms. The van der Waals surface area contributed by atoms with E-state index in [0.29, 0.717) is 5.56 Å². The SMILES string of the molecule is [C-]#[N+]c1cc(O)cc(C#N)c1. The maximum atomic E-state index is 8.96. The molecule has 52 valence electrons. The van der Waals surface area contributed by atoms with Gasteiger partial charge >= 0.3 is 0 Å². The van der Waals surface area contributed by atoms with Crippen LogP contribution >= 0.6 is 0 Å². The molecule has 0 fully saturated rings. The lowest BCUT2D eigenvalue weighted by molar-refractivity contribution is 0.475. The van der Waals surface area contributed by atoms with Crippen LogP contribution in [0.4, 0.5) is 5.69 Å². The minimum absolute atomic E-state index is 0.0462. The largest absolute Gasteiger partial charge is 0.509 e. The summed E-state index contributed by atoms with van der Waals surface area (Å²) < 4.78 is 0. The summed E-state index contributed by atoms with van der Waals surface area (Å²) >= 11 is 0. The van der Waals surface area contributed by atoms with E-state index in [2.05, 4.69) is 4.85 Å². The summed E-state index contributed by atoms with van der Waals surface area (Å²) in [5.41, 5.74) is 0.581. The lowest BCUT2D eigenvalue weighted by Gasteiger charge is -1.92. The molecule has 1 rings (SSSR count). The molecule has 0 radical (unpaired) electrons. The average Bonchev–Trinajstić information content (AvgIpc) is 2.03. The van der Waals surface area contributed by atoms with Crippen LogP contribution in [0.1, 0.15) is 5.56 Å². The number of phenols is 1. The molecule has 0 saturated carbocycles. The topological polar surface area (TPSA) is 48.4 Å². The van der Waals surface area contributed by atoms with E-state index in [1.807, 2.05) is 6.07 Å². The van der Waals surface area contributed by atoms with Gasteiger partial charge in [-0.05, 0) is 18.2 Å². The molecule has 0 atom stereocenters. The molecule has 0 saturated heterocycles. The summed E-state index contributed by atoms with van der Waals surface area (Å²) in [4.78, 5) is 3.08. The Hall–Kier alpha value is -2.00. The molecule has 0 aliphatic carbocycles. The quantitative estimate of drug-likeness (QED) is 0.564. The second-order valence-corrected chi connectivity index (χ2v) is 1.96. The molecular weight excluding hydrogens is 140 g/mol. The second kappa shape index (κ2) is 2.72. The van der Waals surface area contributed by atoms with Crippen molar-refractivity contribution in [3.8, 4) is 11.8 Å². The molecule has 0 unspecified atom stereocenters. The molecule has 1 aromatic rings. The molecular formula is C8H4N2O. The van der Waals surface area contributed by atoms with Crippen molar-refractivity contribution in [3.05, 3.63) is 35.2 Å². The van der Waals surface area contributed by atoms with Crippen molar-refractivity contribution >= 4 is 5.69 Å². The maximum Gasteiger partial charge on any atom is 0.192 e. The summed E-state index contributed by atoms with van der Waals surface area (Å²) in [5, 5.41) is 17.4. The maximum absolute atomic E-state index is 8.96. The Morgan fingerprint density at radius 3 is 2.73 bits per heavy atom. The van der Waals surface area contributed by atoms with E-state index in [0.717, 1.165) is 0 Å². The summed E-state index contributed by atoms with van der Waals surface area (Å²) in [6.45, 7) is 6.62. The molecule has 0 heterocycles. The van der Waals surface area contributed by atoms with E-state index >= 15 is 0 Å². The van der Waals surface area contributed by atoms with Crippen molar-refractivity contribution in [1.82, 2.24) is 0 Å². The highest BCUT2D eigenvalue weighted by atomic mass is 16.3. The molecule has 1 aromatic carbocycles. The fourth-order valence-electron chi connectivity index (χ4n) is 0.724. The number of nitriles is 1. The van der Waals surface area contributed by atoms with Crippen LogP contribution in [0, 0.1) is 17.9 Å². The zero-order chi connectivity index (χ0) is 8.27. The fourth-order valence-corrected chi connectivity index (χ4v) is 0.724. The van der Waals surface area contributed by atoms with Gasteiger partial charge in [-0.15, -0.1) is 0 Å². The van der Waals surface area contributed by atoms with Gasteiger partial charge in [-0.25, -0.2) is 4.85 Å². The zero-order valence-corrected chi connectivity index (χ0v) is 5.57.